The largest absolute Gasteiger partial charge is 0.300 e. The van der Waals surface area contributed by atoms with Gasteiger partial charge in [0.15, 0.2) is 0 Å². The number of piperidine rings is 1. The number of isocyanates is 1. The Morgan fingerprint density at radius 1 is 1.50 bits per heavy atom. The third kappa shape index (κ3) is 3.60. The van der Waals surface area contributed by atoms with Gasteiger partial charge in [0, 0.05) is 12.6 Å². The SMILES string of the molecule is CCC1CCCCN1CCCN=C=O. The van der Waals surface area contributed by atoms with Gasteiger partial charge in [-0.1, -0.05) is 13.3 Å². The average molecular weight is 196 g/mol. The van der Waals surface area contributed by atoms with Crippen LogP contribution in [-0.2, 0) is 4.79 Å². The number of carbonyl (C=O) groups excluding carboxylic acids is 1. The van der Waals surface area contributed by atoms with Crippen LogP contribution in [0.5, 0.6) is 0 Å². The summed E-state index contributed by atoms with van der Waals surface area (Å²) in [4.78, 5) is 16.0. The molecule has 3 nitrogen and oxygen atoms in total. The van der Waals surface area contributed by atoms with Crippen molar-refractivity contribution in [3.05, 3.63) is 0 Å². The molecule has 1 unspecified atom stereocenters. The maximum Gasteiger partial charge on any atom is 0.234 e. The van der Waals surface area contributed by atoms with Gasteiger partial charge in [0.2, 0.25) is 6.08 Å². The van der Waals surface area contributed by atoms with E-state index in [1.165, 1.54) is 32.2 Å². The lowest BCUT2D eigenvalue weighted by molar-refractivity contribution is 0.143. The molecule has 1 aliphatic heterocycles. The van der Waals surface area contributed by atoms with Crippen LogP contribution in [0.3, 0.4) is 0 Å². The summed E-state index contributed by atoms with van der Waals surface area (Å²) >= 11 is 0. The molecule has 1 atom stereocenters. The molecule has 0 bridgehead atoms. The normalized spacial score (nSPS) is 23.1. The smallest absolute Gasteiger partial charge is 0.234 e. The number of hydrogen-bond acceptors (Lipinski definition) is 3. The fraction of sp³-hybridized carbons (Fsp3) is 0.909. The zero-order chi connectivity index (χ0) is 10.2. The molecule has 1 aliphatic rings. The van der Waals surface area contributed by atoms with Crippen molar-refractivity contribution in [2.45, 2.75) is 45.1 Å². The van der Waals surface area contributed by atoms with Gasteiger partial charge in [0.05, 0.1) is 6.54 Å². The fourth-order valence-electron chi connectivity index (χ4n) is 2.22. The maximum absolute atomic E-state index is 9.87. The van der Waals surface area contributed by atoms with Crippen molar-refractivity contribution in [1.82, 2.24) is 4.90 Å². The van der Waals surface area contributed by atoms with Crippen LogP contribution in [0, 0.1) is 0 Å². The van der Waals surface area contributed by atoms with E-state index >= 15 is 0 Å². The molecule has 0 amide bonds. The summed E-state index contributed by atoms with van der Waals surface area (Å²) in [5.41, 5.74) is 0. The predicted octanol–water partition coefficient (Wildman–Crippen LogP) is 1.98. The van der Waals surface area contributed by atoms with Crippen molar-refractivity contribution in [2.24, 2.45) is 4.99 Å². The molecule has 3 heteroatoms. The summed E-state index contributed by atoms with van der Waals surface area (Å²) in [6, 6.07) is 0.768. The van der Waals surface area contributed by atoms with Crippen LogP contribution in [-0.4, -0.2) is 36.7 Å². The van der Waals surface area contributed by atoms with E-state index < -0.39 is 0 Å². The molecule has 1 rings (SSSR count). The highest BCUT2D eigenvalue weighted by Gasteiger charge is 2.19. The van der Waals surface area contributed by atoms with Crippen LogP contribution >= 0.6 is 0 Å². The van der Waals surface area contributed by atoms with Crippen LogP contribution in [0.2, 0.25) is 0 Å². The summed E-state index contributed by atoms with van der Waals surface area (Å²) in [5, 5.41) is 0. The number of hydrogen-bond donors (Lipinski definition) is 0. The summed E-state index contributed by atoms with van der Waals surface area (Å²) < 4.78 is 0. The second kappa shape index (κ2) is 6.74. The molecule has 0 saturated carbocycles. The molecule has 0 aliphatic carbocycles. The van der Waals surface area contributed by atoms with E-state index in [1.807, 2.05) is 0 Å². The molecule has 0 aromatic carbocycles. The van der Waals surface area contributed by atoms with Crippen molar-refractivity contribution < 1.29 is 4.79 Å². The lowest BCUT2D eigenvalue weighted by atomic mass is 10.00. The van der Waals surface area contributed by atoms with E-state index in [1.54, 1.807) is 6.08 Å². The highest BCUT2D eigenvalue weighted by atomic mass is 16.1. The van der Waals surface area contributed by atoms with Crippen LogP contribution in [0.15, 0.2) is 4.99 Å². The first-order valence-electron chi connectivity index (χ1n) is 5.66. The fourth-order valence-corrected chi connectivity index (χ4v) is 2.22. The van der Waals surface area contributed by atoms with Crippen LogP contribution in [0.4, 0.5) is 0 Å². The molecule has 14 heavy (non-hydrogen) atoms. The van der Waals surface area contributed by atoms with E-state index in [-0.39, 0.29) is 0 Å². The molecule has 1 fully saturated rings. The molecule has 0 aromatic rings. The Bertz CT molecular complexity index is 199. The van der Waals surface area contributed by atoms with E-state index in [0.717, 1.165) is 19.0 Å². The topological polar surface area (TPSA) is 32.7 Å². The van der Waals surface area contributed by atoms with Gasteiger partial charge in [0.25, 0.3) is 0 Å². The van der Waals surface area contributed by atoms with Gasteiger partial charge in [-0.25, -0.2) is 9.79 Å². The number of aliphatic imine (C=N–C) groups is 1. The number of nitrogens with zero attached hydrogens (tertiary/aromatic N) is 2. The molecule has 0 aromatic heterocycles. The Balaban J connectivity index is 2.22. The van der Waals surface area contributed by atoms with Crippen molar-refractivity contribution in [1.29, 1.82) is 0 Å². The quantitative estimate of drug-likeness (QED) is 0.382. The van der Waals surface area contributed by atoms with Gasteiger partial charge >= 0.3 is 0 Å². The van der Waals surface area contributed by atoms with E-state index in [0.29, 0.717) is 6.54 Å². The molecule has 0 N–H and O–H groups in total. The van der Waals surface area contributed by atoms with E-state index in [4.69, 9.17) is 0 Å². The Labute approximate surface area is 86.2 Å². The molecular weight excluding hydrogens is 176 g/mol. The number of likely N-dealkylation sites (tertiary alicyclic amines) is 1. The van der Waals surface area contributed by atoms with Crippen molar-refractivity contribution >= 4 is 6.08 Å². The third-order valence-corrected chi connectivity index (χ3v) is 3.00. The molecule has 1 saturated heterocycles. The molecule has 0 radical (unpaired) electrons. The second-order valence-electron chi connectivity index (χ2n) is 3.92. The van der Waals surface area contributed by atoms with Crippen molar-refractivity contribution in [3.8, 4) is 0 Å². The minimum Gasteiger partial charge on any atom is -0.300 e. The van der Waals surface area contributed by atoms with E-state index in [9.17, 15) is 4.79 Å². The molecular formula is C11H20N2O. The summed E-state index contributed by atoms with van der Waals surface area (Å²) in [7, 11) is 0. The Kier molecular flexibility index (Phi) is 5.50. The zero-order valence-corrected chi connectivity index (χ0v) is 9.04. The van der Waals surface area contributed by atoms with Crippen LogP contribution in [0.1, 0.15) is 39.0 Å². The Hall–Kier alpha value is -0.660. The van der Waals surface area contributed by atoms with Gasteiger partial charge in [-0.2, -0.15) is 0 Å². The summed E-state index contributed by atoms with van der Waals surface area (Å²) in [5.74, 6) is 0. The summed E-state index contributed by atoms with van der Waals surface area (Å²) in [6.45, 7) is 5.20. The predicted molar refractivity (Wildman–Crippen MR) is 57.1 cm³/mol. The molecule has 80 valence electrons. The van der Waals surface area contributed by atoms with Crippen LogP contribution in [0.25, 0.3) is 0 Å². The molecule has 1 heterocycles. The van der Waals surface area contributed by atoms with Crippen molar-refractivity contribution in [2.75, 3.05) is 19.6 Å². The summed E-state index contributed by atoms with van der Waals surface area (Å²) in [6.07, 6.45) is 7.87. The highest BCUT2D eigenvalue weighted by Crippen LogP contribution is 2.19. The van der Waals surface area contributed by atoms with Gasteiger partial charge in [-0.3, -0.25) is 0 Å². The first-order chi connectivity index (χ1) is 6.88. The van der Waals surface area contributed by atoms with Crippen molar-refractivity contribution in [3.63, 3.8) is 0 Å². The third-order valence-electron chi connectivity index (χ3n) is 3.00. The molecule has 0 spiro atoms. The highest BCUT2D eigenvalue weighted by molar-refractivity contribution is 5.32. The van der Waals surface area contributed by atoms with Gasteiger partial charge < -0.3 is 4.90 Å². The first-order valence-corrected chi connectivity index (χ1v) is 5.66. The van der Waals surface area contributed by atoms with E-state index in [2.05, 4.69) is 16.8 Å². The van der Waals surface area contributed by atoms with Gasteiger partial charge in [-0.05, 0) is 32.2 Å². The minimum absolute atomic E-state index is 0.635. The lowest BCUT2D eigenvalue weighted by Crippen LogP contribution is -2.39. The Morgan fingerprint density at radius 3 is 3.07 bits per heavy atom. The van der Waals surface area contributed by atoms with Gasteiger partial charge in [-0.15, -0.1) is 0 Å². The first kappa shape index (κ1) is 11.4. The van der Waals surface area contributed by atoms with Crippen LogP contribution < -0.4 is 0 Å². The standard InChI is InChI=1S/C11H20N2O/c1-2-11-6-3-4-8-13(11)9-5-7-12-10-14/h11H,2-9H2,1H3. The Morgan fingerprint density at radius 2 is 2.36 bits per heavy atom. The minimum atomic E-state index is 0.635. The monoisotopic (exact) mass is 196 g/mol. The number of rotatable bonds is 5. The lowest BCUT2D eigenvalue weighted by Gasteiger charge is -2.35. The zero-order valence-electron chi connectivity index (χ0n) is 9.04. The average Bonchev–Trinajstić information content (AvgIpc) is 2.25. The van der Waals surface area contributed by atoms with Gasteiger partial charge in [0.1, 0.15) is 0 Å². The maximum atomic E-state index is 9.87. The second-order valence-corrected chi connectivity index (χ2v) is 3.92.